The Morgan fingerprint density at radius 1 is 0.808 bits per heavy atom. The van der Waals surface area contributed by atoms with Crippen LogP contribution in [0.15, 0.2) is 29.2 Å². The maximum Gasteiger partial charge on any atom is 0.310 e. The predicted octanol–water partition coefficient (Wildman–Crippen LogP) is 6.34. The molecule has 0 aliphatic rings. The number of rotatable bonds is 12. The highest BCUT2D eigenvalue weighted by atomic mass is 32.5. The molecule has 0 saturated carbocycles. The van der Waals surface area contributed by atoms with E-state index in [1.807, 2.05) is 0 Å². The summed E-state index contributed by atoms with van der Waals surface area (Å²) in [7, 11) is -13.5. The smallest absolute Gasteiger partial charge is 0.310 e. The van der Waals surface area contributed by atoms with Gasteiger partial charge in [0.15, 0.2) is 0 Å². The maximum atomic E-state index is 12.6. The van der Waals surface area contributed by atoms with Gasteiger partial charge in [-0.15, -0.1) is 0 Å². The molecule has 0 radical (unpaired) electrons. The number of hydrogen-bond acceptors (Lipinski definition) is 3. The van der Waals surface area contributed by atoms with Gasteiger partial charge >= 0.3 is 10.2 Å². The molecule has 1 N–H and O–H groups in total. The van der Waals surface area contributed by atoms with E-state index in [0.29, 0.717) is 31.4 Å². The van der Waals surface area contributed by atoms with Crippen LogP contribution in [0.2, 0.25) is 0 Å². The minimum absolute atomic E-state index is 0.0980. The Kier molecular flexibility index (Phi) is 6.97. The van der Waals surface area contributed by atoms with Gasteiger partial charge in [0.05, 0.1) is 12.4 Å². The minimum atomic E-state index is -9.64. The summed E-state index contributed by atoms with van der Waals surface area (Å²) in [6.07, 6.45) is 5.22. The lowest BCUT2D eigenvalue weighted by atomic mass is 10.1. The van der Waals surface area contributed by atoms with Gasteiger partial charge in [0.1, 0.15) is 10.6 Å². The summed E-state index contributed by atoms with van der Waals surface area (Å²) in [6.45, 7) is 0.262. The molecule has 0 saturated heterocycles. The Balaban J connectivity index is 2.16. The lowest BCUT2D eigenvalue weighted by Crippen LogP contribution is -2.06. The van der Waals surface area contributed by atoms with Crippen LogP contribution in [0.4, 0.5) is 19.4 Å². The second-order valence-corrected chi connectivity index (χ2v) is 10.0. The molecule has 1 aromatic rings. The van der Waals surface area contributed by atoms with Crippen molar-refractivity contribution in [3.8, 4) is 5.75 Å². The second-order valence-electron chi connectivity index (χ2n) is 6.05. The van der Waals surface area contributed by atoms with Crippen LogP contribution >= 0.6 is 10.2 Å². The SMILES string of the molecule is O=S(=O)(O)CCCCCCCCCOc1ccc(S(F)(F)(F)(F)F)cc1. The number of benzene rings is 1. The van der Waals surface area contributed by atoms with Gasteiger partial charge in [-0.1, -0.05) is 51.5 Å². The fraction of sp³-hybridized carbons (Fsp3) is 0.600. The van der Waals surface area contributed by atoms with Crippen molar-refractivity contribution in [3.05, 3.63) is 24.3 Å². The van der Waals surface area contributed by atoms with Crippen LogP contribution in [0.25, 0.3) is 0 Å². The van der Waals surface area contributed by atoms with Crippen LogP contribution in [0.1, 0.15) is 44.9 Å². The summed E-state index contributed by atoms with van der Waals surface area (Å²) < 4.78 is 97.6. The highest BCUT2D eigenvalue weighted by Gasteiger charge is 2.65. The third-order valence-corrected chi connectivity index (χ3v) is 5.55. The van der Waals surface area contributed by atoms with Crippen molar-refractivity contribution in [1.82, 2.24) is 0 Å². The summed E-state index contributed by atoms with van der Waals surface area (Å²) in [4.78, 5) is -1.94. The van der Waals surface area contributed by atoms with E-state index in [1.54, 1.807) is 0 Å². The molecular formula is C15H23F5O4S2. The molecule has 0 unspecified atom stereocenters. The molecule has 0 heterocycles. The van der Waals surface area contributed by atoms with Crippen molar-refractivity contribution in [2.45, 2.75) is 49.8 Å². The summed E-state index contributed by atoms with van der Waals surface area (Å²) in [5.41, 5.74) is 0. The Labute approximate surface area is 150 Å². The summed E-state index contributed by atoms with van der Waals surface area (Å²) in [6, 6.07) is 2.40. The zero-order valence-electron chi connectivity index (χ0n) is 14.1. The first-order chi connectivity index (χ1) is 11.7. The number of halogens is 5. The molecule has 154 valence electrons. The van der Waals surface area contributed by atoms with Crippen LogP contribution in [0, 0.1) is 0 Å². The molecule has 1 aromatic carbocycles. The van der Waals surface area contributed by atoms with Gasteiger partial charge in [0.25, 0.3) is 10.1 Å². The van der Waals surface area contributed by atoms with Crippen molar-refractivity contribution >= 4 is 20.3 Å². The van der Waals surface area contributed by atoms with Gasteiger partial charge in [-0.3, -0.25) is 4.55 Å². The normalized spacial score (nSPS) is 15.3. The number of hydrogen-bond donors (Lipinski definition) is 1. The number of unbranched alkanes of at least 4 members (excludes halogenated alkanes) is 6. The van der Waals surface area contributed by atoms with E-state index in [0.717, 1.165) is 37.8 Å². The Hall–Kier alpha value is -1.07. The van der Waals surface area contributed by atoms with E-state index >= 15 is 0 Å². The monoisotopic (exact) mass is 426 g/mol. The molecule has 0 aliphatic carbocycles. The standard InChI is InChI=1S/C15H23F5O4S2/c16-26(17,18,19,20)15-10-8-14(9-11-15)24-12-6-4-2-1-3-5-7-13-25(21,22)23/h8-11H,1-7,12-13H2,(H,21,22,23). The summed E-state index contributed by atoms with van der Waals surface area (Å²) in [5, 5.41) is 0. The van der Waals surface area contributed by atoms with Gasteiger partial charge in [0, 0.05) is 0 Å². The maximum absolute atomic E-state index is 12.6. The second kappa shape index (κ2) is 7.89. The molecule has 0 aromatic heterocycles. The van der Waals surface area contributed by atoms with Crippen molar-refractivity contribution in [2.24, 2.45) is 0 Å². The molecule has 11 heteroatoms. The first-order valence-electron chi connectivity index (χ1n) is 8.09. The molecule has 0 fully saturated rings. The van der Waals surface area contributed by atoms with Crippen LogP contribution in [-0.4, -0.2) is 25.3 Å². The third kappa shape index (κ3) is 10.2. The molecule has 26 heavy (non-hydrogen) atoms. The Bertz CT molecular complexity index is 672. The zero-order valence-corrected chi connectivity index (χ0v) is 15.7. The van der Waals surface area contributed by atoms with E-state index in [2.05, 4.69) is 0 Å². The molecule has 0 bridgehead atoms. The summed E-state index contributed by atoms with van der Waals surface area (Å²) >= 11 is 0. The average molecular weight is 426 g/mol. The molecule has 0 aliphatic heterocycles. The average Bonchev–Trinajstić information content (AvgIpc) is 2.46. The van der Waals surface area contributed by atoms with E-state index in [4.69, 9.17) is 9.29 Å². The van der Waals surface area contributed by atoms with Crippen LogP contribution in [0.5, 0.6) is 5.75 Å². The largest absolute Gasteiger partial charge is 0.494 e. The van der Waals surface area contributed by atoms with E-state index in [9.17, 15) is 27.8 Å². The zero-order chi connectivity index (χ0) is 20.0. The van der Waals surface area contributed by atoms with Crippen LogP contribution in [-0.2, 0) is 10.1 Å². The van der Waals surface area contributed by atoms with Gasteiger partial charge in [-0.2, -0.15) is 8.42 Å². The highest BCUT2D eigenvalue weighted by molar-refractivity contribution is 8.45. The lowest BCUT2D eigenvalue weighted by Gasteiger charge is -2.40. The van der Waals surface area contributed by atoms with Gasteiger partial charge in [0.2, 0.25) is 0 Å². The molecule has 4 nitrogen and oxygen atoms in total. The van der Waals surface area contributed by atoms with Crippen molar-refractivity contribution in [2.75, 3.05) is 12.4 Å². The van der Waals surface area contributed by atoms with Crippen LogP contribution in [0.3, 0.4) is 0 Å². The topological polar surface area (TPSA) is 63.6 Å². The number of ether oxygens (including phenoxy) is 1. The van der Waals surface area contributed by atoms with E-state index < -0.39 is 25.2 Å². The van der Waals surface area contributed by atoms with Gasteiger partial charge in [-0.25, -0.2) is 0 Å². The van der Waals surface area contributed by atoms with Crippen molar-refractivity contribution in [1.29, 1.82) is 0 Å². The van der Waals surface area contributed by atoms with Gasteiger partial charge in [-0.05, 0) is 37.1 Å². The quantitative estimate of drug-likeness (QED) is 0.241. The first-order valence-corrected chi connectivity index (χ1v) is 11.7. The fourth-order valence-electron chi connectivity index (χ4n) is 2.25. The lowest BCUT2D eigenvalue weighted by molar-refractivity contribution is 0.304. The third-order valence-electron chi connectivity index (χ3n) is 3.58. The molecular weight excluding hydrogens is 403 g/mol. The van der Waals surface area contributed by atoms with E-state index in [1.165, 1.54) is 0 Å². The fourth-order valence-corrected chi connectivity index (χ4v) is 3.47. The Morgan fingerprint density at radius 2 is 1.27 bits per heavy atom. The molecule has 1 rings (SSSR count). The molecule has 0 atom stereocenters. The Morgan fingerprint density at radius 3 is 1.73 bits per heavy atom. The van der Waals surface area contributed by atoms with Crippen LogP contribution < -0.4 is 4.74 Å². The minimum Gasteiger partial charge on any atom is -0.494 e. The van der Waals surface area contributed by atoms with Crippen molar-refractivity contribution in [3.63, 3.8) is 0 Å². The first kappa shape index (κ1) is 23.0. The molecule has 0 amide bonds. The van der Waals surface area contributed by atoms with E-state index in [-0.39, 0.29) is 18.1 Å². The summed E-state index contributed by atoms with van der Waals surface area (Å²) in [5.74, 6) is -0.137. The van der Waals surface area contributed by atoms with Crippen molar-refractivity contribution < 1.29 is 37.1 Å². The highest BCUT2D eigenvalue weighted by Crippen LogP contribution is 3.02. The molecule has 0 spiro atoms. The van der Waals surface area contributed by atoms with Gasteiger partial charge < -0.3 is 4.74 Å². The predicted molar refractivity (Wildman–Crippen MR) is 92.1 cm³/mol.